The van der Waals surface area contributed by atoms with Gasteiger partial charge in [0.25, 0.3) is 0 Å². The Morgan fingerprint density at radius 1 is 0.566 bits per heavy atom. The van der Waals surface area contributed by atoms with Crippen molar-refractivity contribution in [2.24, 2.45) is 20.5 Å². The minimum Gasteiger partial charge on any atom is -0.744 e. The van der Waals surface area contributed by atoms with Crippen molar-refractivity contribution in [1.29, 1.82) is 0 Å². The summed E-state index contributed by atoms with van der Waals surface area (Å²) >= 11 is 2.68. The largest absolute Gasteiger partial charge is 2.00 e. The number of aromatic nitrogens is 2. The van der Waals surface area contributed by atoms with Crippen LogP contribution in [0.15, 0.2) is 115 Å². The van der Waals surface area contributed by atoms with E-state index in [4.69, 9.17) is 0 Å². The van der Waals surface area contributed by atoms with Gasteiger partial charge in [0.2, 0.25) is 10.3 Å². The van der Waals surface area contributed by atoms with Crippen molar-refractivity contribution in [2.45, 2.75) is 37.5 Å². The fourth-order valence-electron chi connectivity index (χ4n) is 5.14. The van der Waals surface area contributed by atoms with Crippen LogP contribution in [0.5, 0.6) is 0 Å². The number of fused-ring (bicyclic) bond motifs is 2. The Kier molecular flexibility index (Phi) is 14.3. The molecule has 0 aliphatic carbocycles. The molecule has 0 radical (unpaired) electrons. The third kappa shape index (κ3) is 10.5. The maximum atomic E-state index is 11.7. The molecule has 0 saturated carbocycles. The standard InChI is InChI=1S/2C17H18N4O3S2.Ni/c2*1-3-21(4-2)12-9-10-14(16(11-12)26(22,23)24)19-20-17-18-13-7-5-6-8-15(13)25-17;/h2*5-11H,3-4H2,1-2H3,(H,22,23,24);/q;;+2/p-2. The van der Waals surface area contributed by atoms with Crippen molar-refractivity contribution in [3.05, 3.63) is 84.9 Å². The van der Waals surface area contributed by atoms with Gasteiger partial charge in [-0.05, 0) is 88.4 Å². The Balaban J connectivity index is 0.000000232. The molecule has 2 aromatic heterocycles. The molecule has 14 nitrogen and oxygen atoms in total. The third-order valence-electron chi connectivity index (χ3n) is 7.73. The zero-order valence-corrected chi connectivity index (χ0v) is 33.1. The Hall–Kier alpha value is -4.23. The van der Waals surface area contributed by atoms with Crippen LogP contribution in [0.3, 0.4) is 0 Å². The molecule has 19 heteroatoms. The van der Waals surface area contributed by atoms with Crippen LogP contribution in [-0.4, -0.2) is 62.1 Å². The molecule has 280 valence electrons. The maximum absolute atomic E-state index is 11.7. The van der Waals surface area contributed by atoms with E-state index in [2.05, 4.69) is 30.4 Å². The summed E-state index contributed by atoms with van der Waals surface area (Å²) in [5, 5.41) is 16.8. The predicted octanol–water partition coefficient (Wildman–Crippen LogP) is 8.92. The summed E-state index contributed by atoms with van der Waals surface area (Å²) in [5.41, 5.74) is 2.91. The average Bonchev–Trinajstić information content (AvgIpc) is 3.74. The van der Waals surface area contributed by atoms with Gasteiger partial charge in [0.1, 0.15) is 31.6 Å². The Labute approximate surface area is 325 Å². The first-order valence-corrected chi connectivity index (χ1v) is 20.5. The van der Waals surface area contributed by atoms with E-state index >= 15 is 0 Å². The van der Waals surface area contributed by atoms with Crippen LogP contribution in [0.1, 0.15) is 27.7 Å². The van der Waals surface area contributed by atoms with E-state index in [1.54, 1.807) is 12.1 Å². The molecular formula is C34H34N8NiO6S4. The molecule has 53 heavy (non-hydrogen) atoms. The average molecular weight is 838 g/mol. The van der Waals surface area contributed by atoms with Gasteiger partial charge >= 0.3 is 16.5 Å². The fourth-order valence-corrected chi connectivity index (χ4v) is 7.98. The Morgan fingerprint density at radius 2 is 0.925 bits per heavy atom. The van der Waals surface area contributed by atoms with Gasteiger partial charge < -0.3 is 18.9 Å². The number of azo groups is 2. The first-order valence-electron chi connectivity index (χ1n) is 16.1. The van der Waals surface area contributed by atoms with E-state index in [0.717, 1.165) is 20.4 Å². The van der Waals surface area contributed by atoms with E-state index in [1.165, 1.54) is 46.9 Å². The van der Waals surface area contributed by atoms with Crippen LogP contribution in [0.25, 0.3) is 20.4 Å². The van der Waals surface area contributed by atoms with Crippen molar-refractivity contribution in [1.82, 2.24) is 9.97 Å². The van der Waals surface area contributed by atoms with Crippen molar-refractivity contribution < 1.29 is 42.4 Å². The van der Waals surface area contributed by atoms with Gasteiger partial charge in [-0.25, -0.2) is 26.8 Å². The summed E-state index contributed by atoms with van der Waals surface area (Å²) in [4.78, 5) is 11.8. The first-order chi connectivity index (χ1) is 24.8. The summed E-state index contributed by atoms with van der Waals surface area (Å²) in [6.07, 6.45) is 0. The quantitative estimate of drug-likeness (QED) is 0.0652. The normalized spacial score (nSPS) is 11.9. The van der Waals surface area contributed by atoms with Crippen LogP contribution in [0, 0.1) is 0 Å². The molecule has 0 amide bonds. The maximum Gasteiger partial charge on any atom is 2.00 e. The summed E-state index contributed by atoms with van der Waals surface area (Å²) in [5.74, 6) is 0. The van der Waals surface area contributed by atoms with Gasteiger partial charge in [-0.3, -0.25) is 0 Å². The van der Waals surface area contributed by atoms with E-state index < -0.39 is 20.2 Å². The molecule has 0 aliphatic rings. The molecule has 0 aliphatic heterocycles. The molecule has 0 N–H and O–H groups in total. The summed E-state index contributed by atoms with van der Waals surface area (Å²) in [6, 6.07) is 24.2. The van der Waals surface area contributed by atoms with Gasteiger partial charge in [0, 0.05) is 37.6 Å². The molecule has 0 saturated heterocycles. The number of para-hydroxylation sites is 2. The third-order valence-corrected chi connectivity index (χ3v) is 11.3. The van der Waals surface area contributed by atoms with Gasteiger partial charge in [-0.2, -0.15) is 0 Å². The molecule has 0 atom stereocenters. The summed E-state index contributed by atoms with van der Waals surface area (Å²) in [7, 11) is -9.36. The minimum absolute atomic E-state index is 0. The molecule has 0 spiro atoms. The zero-order chi connectivity index (χ0) is 37.5. The van der Waals surface area contributed by atoms with Crippen LogP contribution < -0.4 is 9.80 Å². The summed E-state index contributed by atoms with van der Waals surface area (Å²) in [6.45, 7) is 10.6. The second-order valence-corrected chi connectivity index (χ2v) is 15.6. The molecule has 0 unspecified atom stereocenters. The molecule has 6 rings (SSSR count). The SMILES string of the molecule is CCN(CC)c1ccc(N=Nc2nc3ccccc3s2)c(S(=O)(=O)[O-])c1.CCN(CC)c1ccc(N=Nc2nc3ccccc3s2)c(S(=O)(=O)[O-])c1.[Ni+2]. The Bertz CT molecular complexity index is 2230. The monoisotopic (exact) mass is 836 g/mol. The van der Waals surface area contributed by atoms with Crippen LogP contribution in [0.4, 0.5) is 33.0 Å². The predicted molar refractivity (Wildman–Crippen MR) is 204 cm³/mol. The van der Waals surface area contributed by atoms with E-state index in [1.807, 2.05) is 86.0 Å². The summed E-state index contributed by atoms with van der Waals surface area (Å²) < 4.78 is 71.9. The van der Waals surface area contributed by atoms with Crippen LogP contribution in [-0.2, 0) is 36.7 Å². The molecular weight excluding hydrogens is 803 g/mol. The van der Waals surface area contributed by atoms with Gasteiger partial charge in [0.05, 0.1) is 30.2 Å². The van der Waals surface area contributed by atoms with Crippen molar-refractivity contribution in [2.75, 3.05) is 36.0 Å². The molecule has 4 aromatic carbocycles. The minimum atomic E-state index is -4.68. The number of hydrogen-bond acceptors (Lipinski definition) is 16. The van der Waals surface area contributed by atoms with Gasteiger partial charge in [0.15, 0.2) is 0 Å². The number of hydrogen-bond donors (Lipinski definition) is 0. The number of thiazole rings is 2. The number of nitrogens with zero attached hydrogens (tertiary/aromatic N) is 8. The number of benzene rings is 4. The molecule has 6 aromatic rings. The first kappa shape index (κ1) is 41.5. The number of rotatable bonds is 12. The number of anilines is 2. The van der Waals surface area contributed by atoms with E-state index in [9.17, 15) is 25.9 Å². The topological polar surface area (TPSA) is 196 Å². The van der Waals surface area contributed by atoms with Crippen LogP contribution >= 0.6 is 22.7 Å². The van der Waals surface area contributed by atoms with Crippen LogP contribution in [0.2, 0.25) is 0 Å². The van der Waals surface area contributed by atoms with Gasteiger partial charge in [-0.15, -0.1) is 20.5 Å². The second-order valence-electron chi connectivity index (χ2n) is 10.9. The van der Waals surface area contributed by atoms with E-state index in [-0.39, 0.29) is 37.7 Å². The van der Waals surface area contributed by atoms with E-state index in [0.29, 0.717) is 47.8 Å². The van der Waals surface area contributed by atoms with Crippen molar-refractivity contribution in [3.8, 4) is 0 Å². The molecule has 0 bridgehead atoms. The Morgan fingerprint density at radius 3 is 1.25 bits per heavy atom. The second kappa shape index (κ2) is 18.2. The molecule has 2 heterocycles. The zero-order valence-electron chi connectivity index (χ0n) is 28.9. The fraction of sp³-hybridized carbons (Fsp3) is 0.235. The van der Waals surface area contributed by atoms with Gasteiger partial charge in [-0.1, -0.05) is 46.9 Å². The van der Waals surface area contributed by atoms with Crippen molar-refractivity contribution >= 4 is 96.4 Å². The molecule has 0 fully saturated rings. The van der Waals surface area contributed by atoms with Crippen molar-refractivity contribution in [3.63, 3.8) is 0 Å². The smallest absolute Gasteiger partial charge is 0.744 e.